The Morgan fingerprint density at radius 3 is 3.08 bits per heavy atom. The van der Waals surface area contributed by atoms with Crippen molar-refractivity contribution in [1.29, 1.82) is 0 Å². The fourth-order valence-electron chi connectivity index (χ4n) is 1.07. The topological polar surface area (TPSA) is 68.0 Å². The van der Waals surface area contributed by atoms with Gasteiger partial charge in [0.2, 0.25) is 5.91 Å². The van der Waals surface area contributed by atoms with Crippen molar-refractivity contribution in [1.82, 2.24) is 10.3 Å². The lowest BCUT2D eigenvalue weighted by Crippen LogP contribution is -2.24. The van der Waals surface area contributed by atoms with E-state index in [1.54, 1.807) is 0 Å². The molecule has 0 unspecified atom stereocenters. The number of amides is 1. The number of thiazole rings is 1. The summed E-state index contributed by atoms with van der Waals surface area (Å²) in [6.45, 7) is 0.503. The zero-order valence-electron chi connectivity index (χ0n) is 7.12. The molecule has 0 aliphatic heterocycles. The van der Waals surface area contributed by atoms with Gasteiger partial charge >= 0.3 is 0 Å². The van der Waals surface area contributed by atoms with Gasteiger partial charge in [0, 0.05) is 11.3 Å². The number of carbonyl (C=O) groups excluding carboxylic acids is 1. The highest BCUT2D eigenvalue weighted by Crippen LogP contribution is 2.28. The smallest absolute Gasteiger partial charge is 0.223 e. The summed E-state index contributed by atoms with van der Waals surface area (Å²) in [7, 11) is 0. The second-order valence-electron chi connectivity index (χ2n) is 3.17. The summed E-state index contributed by atoms with van der Waals surface area (Å²) in [5.41, 5.74) is 6.30. The minimum absolute atomic E-state index is 0.145. The van der Waals surface area contributed by atoms with Gasteiger partial charge in [0.1, 0.15) is 0 Å². The number of rotatable bonds is 3. The van der Waals surface area contributed by atoms with E-state index in [0.29, 0.717) is 11.7 Å². The van der Waals surface area contributed by atoms with E-state index < -0.39 is 0 Å². The van der Waals surface area contributed by atoms with Crippen molar-refractivity contribution in [3.8, 4) is 0 Å². The monoisotopic (exact) mass is 197 g/mol. The maximum Gasteiger partial charge on any atom is 0.223 e. The molecule has 0 bridgehead atoms. The Labute approximate surface area is 80.2 Å². The fraction of sp³-hybridized carbons (Fsp3) is 0.500. The average molecular weight is 197 g/mol. The van der Waals surface area contributed by atoms with Crippen LogP contribution < -0.4 is 11.1 Å². The number of aromatic nitrogens is 1. The molecular weight excluding hydrogens is 186 g/mol. The Morgan fingerprint density at radius 1 is 1.77 bits per heavy atom. The van der Waals surface area contributed by atoms with E-state index in [1.165, 1.54) is 11.3 Å². The van der Waals surface area contributed by atoms with Gasteiger partial charge in [0.15, 0.2) is 5.13 Å². The lowest BCUT2D eigenvalue weighted by Gasteiger charge is -1.99. The largest absolute Gasteiger partial charge is 0.375 e. The van der Waals surface area contributed by atoms with Crippen molar-refractivity contribution in [3.63, 3.8) is 0 Å². The van der Waals surface area contributed by atoms with Crippen LogP contribution in [0.2, 0.25) is 0 Å². The number of nitrogen functional groups attached to an aromatic ring is 1. The Kier molecular flexibility index (Phi) is 2.18. The lowest BCUT2D eigenvalue weighted by atomic mass is 10.4. The highest BCUT2D eigenvalue weighted by atomic mass is 32.1. The van der Waals surface area contributed by atoms with E-state index in [1.807, 2.05) is 5.38 Å². The molecule has 0 spiro atoms. The SMILES string of the molecule is Nc1nc(CNC(=O)C2CC2)cs1. The summed E-state index contributed by atoms with van der Waals surface area (Å²) in [4.78, 5) is 15.3. The zero-order valence-corrected chi connectivity index (χ0v) is 7.93. The van der Waals surface area contributed by atoms with Crippen LogP contribution in [0, 0.1) is 5.92 Å². The van der Waals surface area contributed by atoms with Crippen LogP contribution in [-0.4, -0.2) is 10.9 Å². The predicted octanol–water partition coefficient (Wildman–Crippen LogP) is 0.751. The summed E-state index contributed by atoms with van der Waals surface area (Å²) in [6, 6.07) is 0. The third-order valence-corrected chi connectivity index (χ3v) is 2.68. The van der Waals surface area contributed by atoms with Crippen LogP contribution in [0.3, 0.4) is 0 Å². The van der Waals surface area contributed by atoms with Crippen LogP contribution in [0.25, 0.3) is 0 Å². The first-order valence-electron chi connectivity index (χ1n) is 4.23. The first-order chi connectivity index (χ1) is 6.25. The molecule has 0 radical (unpaired) electrons. The van der Waals surface area contributed by atoms with E-state index in [-0.39, 0.29) is 11.8 Å². The van der Waals surface area contributed by atoms with Crippen molar-refractivity contribution in [3.05, 3.63) is 11.1 Å². The van der Waals surface area contributed by atoms with Crippen LogP contribution in [-0.2, 0) is 11.3 Å². The molecule has 0 aromatic carbocycles. The van der Waals surface area contributed by atoms with Crippen LogP contribution in [0.15, 0.2) is 5.38 Å². The molecule has 1 aliphatic carbocycles. The van der Waals surface area contributed by atoms with Crippen LogP contribution >= 0.6 is 11.3 Å². The number of hydrogen-bond donors (Lipinski definition) is 2. The van der Waals surface area contributed by atoms with Crippen LogP contribution in [0.4, 0.5) is 5.13 Å². The number of nitrogens with two attached hydrogens (primary N) is 1. The normalized spacial score (nSPS) is 15.7. The minimum atomic E-state index is 0.145. The molecule has 1 heterocycles. The molecule has 0 saturated heterocycles. The van der Waals surface area contributed by atoms with Gasteiger partial charge in [0.05, 0.1) is 12.2 Å². The number of nitrogens with one attached hydrogen (secondary N) is 1. The molecule has 4 nitrogen and oxygen atoms in total. The molecule has 1 aliphatic rings. The highest BCUT2D eigenvalue weighted by Gasteiger charge is 2.29. The van der Waals surface area contributed by atoms with Crippen molar-refractivity contribution >= 4 is 22.4 Å². The minimum Gasteiger partial charge on any atom is -0.375 e. The van der Waals surface area contributed by atoms with Gasteiger partial charge < -0.3 is 11.1 Å². The Balaban J connectivity index is 1.81. The van der Waals surface area contributed by atoms with Gasteiger partial charge in [0.25, 0.3) is 0 Å². The maximum absolute atomic E-state index is 11.2. The van der Waals surface area contributed by atoms with E-state index in [2.05, 4.69) is 10.3 Å². The van der Waals surface area contributed by atoms with Crippen molar-refractivity contribution in [2.75, 3.05) is 5.73 Å². The summed E-state index contributed by atoms with van der Waals surface area (Å²) in [6.07, 6.45) is 2.07. The molecular formula is C8H11N3OS. The van der Waals surface area contributed by atoms with E-state index in [9.17, 15) is 4.79 Å². The first kappa shape index (κ1) is 8.50. The Morgan fingerprint density at radius 2 is 2.54 bits per heavy atom. The molecule has 1 aromatic heterocycles. The maximum atomic E-state index is 11.2. The molecule has 13 heavy (non-hydrogen) atoms. The summed E-state index contributed by atoms with van der Waals surface area (Å²) in [5, 5.41) is 5.24. The van der Waals surface area contributed by atoms with E-state index >= 15 is 0 Å². The van der Waals surface area contributed by atoms with E-state index in [4.69, 9.17) is 5.73 Å². The summed E-state index contributed by atoms with van der Waals surface area (Å²) < 4.78 is 0. The highest BCUT2D eigenvalue weighted by molar-refractivity contribution is 7.13. The predicted molar refractivity (Wildman–Crippen MR) is 51.1 cm³/mol. The molecule has 1 fully saturated rings. The van der Waals surface area contributed by atoms with Crippen molar-refractivity contribution < 1.29 is 4.79 Å². The van der Waals surface area contributed by atoms with Crippen LogP contribution in [0.5, 0.6) is 0 Å². The second kappa shape index (κ2) is 3.33. The molecule has 5 heteroatoms. The number of carbonyl (C=O) groups is 1. The first-order valence-corrected chi connectivity index (χ1v) is 5.11. The standard InChI is InChI=1S/C8H11N3OS/c9-8-11-6(4-13-8)3-10-7(12)5-1-2-5/h4-5H,1-3H2,(H2,9,11)(H,10,12). The third-order valence-electron chi connectivity index (χ3n) is 1.96. The van der Waals surface area contributed by atoms with Crippen molar-refractivity contribution in [2.24, 2.45) is 5.92 Å². The van der Waals surface area contributed by atoms with Gasteiger partial charge in [-0.05, 0) is 12.8 Å². The summed E-state index contributed by atoms with van der Waals surface area (Å²) in [5.74, 6) is 0.405. The molecule has 1 amide bonds. The zero-order chi connectivity index (χ0) is 9.26. The second-order valence-corrected chi connectivity index (χ2v) is 4.06. The number of nitrogens with zero attached hydrogens (tertiary/aromatic N) is 1. The number of anilines is 1. The van der Waals surface area contributed by atoms with Crippen molar-refractivity contribution in [2.45, 2.75) is 19.4 Å². The fourth-order valence-corrected chi connectivity index (χ4v) is 1.63. The molecule has 1 saturated carbocycles. The van der Waals surface area contributed by atoms with Gasteiger partial charge in [-0.2, -0.15) is 0 Å². The molecule has 1 aromatic rings. The Hall–Kier alpha value is -1.10. The lowest BCUT2D eigenvalue weighted by molar-refractivity contribution is -0.122. The van der Waals surface area contributed by atoms with Gasteiger partial charge in [-0.15, -0.1) is 11.3 Å². The Bertz CT molecular complexity index is 319. The quantitative estimate of drug-likeness (QED) is 0.751. The number of hydrogen-bond acceptors (Lipinski definition) is 4. The molecule has 2 rings (SSSR count). The van der Waals surface area contributed by atoms with Gasteiger partial charge in [-0.25, -0.2) is 4.98 Å². The molecule has 70 valence electrons. The van der Waals surface area contributed by atoms with E-state index in [0.717, 1.165) is 18.5 Å². The molecule has 0 atom stereocenters. The average Bonchev–Trinajstić information content (AvgIpc) is 2.87. The third kappa shape index (κ3) is 2.18. The van der Waals surface area contributed by atoms with Gasteiger partial charge in [-0.3, -0.25) is 4.79 Å². The summed E-state index contributed by atoms with van der Waals surface area (Å²) >= 11 is 1.40. The molecule has 3 N–H and O–H groups in total. The van der Waals surface area contributed by atoms with Gasteiger partial charge in [-0.1, -0.05) is 0 Å². The van der Waals surface area contributed by atoms with Crippen LogP contribution in [0.1, 0.15) is 18.5 Å².